The molecule has 0 saturated heterocycles. The smallest absolute Gasteiger partial charge is 0.320 e. The van der Waals surface area contributed by atoms with Gasteiger partial charge in [0.1, 0.15) is 6.04 Å². The molecule has 0 radical (unpaired) electrons. The van der Waals surface area contributed by atoms with E-state index < -0.39 is 5.97 Å². The summed E-state index contributed by atoms with van der Waals surface area (Å²) in [6.45, 7) is 2.73. The van der Waals surface area contributed by atoms with Crippen LogP contribution in [-0.2, 0) is 4.79 Å². The van der Waals surface area contributed by atoms with Crippen LogP contribution in [0.1, 0.15) is 32.6 Å². The van der Waals surface area contributed by atoms with Gasteiger partial charge in [0.15, 0.2) is 0 Å². The second kappa shape index (κ2) is 5.03. The fourth-order valence-corrected chi connectivity index (χ4v) is 2.66. The summed E-state index contributed by atoms with van der Waals surface area (Å²) in [5, 5.41) is 12.0. The Balaban J connectivity index is 2.34. The van der Waals surface area contributed by atoms with E-state index >= 15 is 0 Å². The number of aliphatic carboxylic acids is 1. The lowest BCUT2D eigenvalue weighted by Crippen LogP contribution is -2.48. The van der Waals surface area contributed by atoms with Gasteiger partial charge in [-0.15, -0.1) is 0 Å². The van der Waals surface area contributed by atoms with Crippen molar-refractivity contribution >= 4 is 17.7 Å². The van der Waals surface area contributed by atoms with E-state index in [1.54, 1.807) is 0 Å². The minimum atomic E-state index is -0.733. The highest BCUT2D eigenvalue weighted by molar-refractivity contribution is 8.00. The number of carboxylic acids is 1. The lowest BCUT2D eigenvalue weighted by molar-refractivity contribution is -0.139. The Kier molecular flexibility index (Phi) is 4.26. The van der Waals surface area contributed by atoms with E-state index in [-0.39, 0.29) is 6.04 Å². The third kappa shape index (κ3) is 2.64. The Morgan fingerprint density at radius 3 is 2.57 bits per heavy atom. The fourth-order valence-electron chi connectivity index (χ4n) is 1.74. The molecule has 0 aromatic heterocycles. The summed E-state index contributed by atoms with van der Waals surface area (Å²) in [4.78, 5) is 10.8. The Bertz CT molecular complexity index is 199. The number of hydrogen-bond donors (Lipinski definition) is 2. The van der Waals surface area contributed by atoms with Gasteiger partial charge in [-0.05, 0) is 25.5 Å². The normalized spacial score (nSPS) is 21.3. The van der Waals surface area contributed by atoms with E-state index in [0.717, 1.165) is 6.54 Å². The van der Waals surface area contributed by atoms with Gasteiger partial charge in [-0.1, -0.05) is 13.3 Å². The van der Waals surface area contributed by atoms with Gasteiger partial charge < -0.3 is 10.4 Å². The Morgan fingerprint density at radius 2 is 2.29 bits per heavy atom. The van der Waals surface area contributed by atoms with Gasteiger partial charge in [0.2, 0.25) is 0 Å². The van der Waals surface area contributed by atoms with Crippen LogP contribution in [0.4, 0.5) is 0 Å². The minimum absolute atomic E-state index is 0.322. The molecule has 0 aliphatic heterocycles. The van der Waals surface area contributed by atoms with E-state index in [9.17, 15) is 4.79 Å². The molecule has 1 aliphatic rings. The fraction of sp³-hybridized carbons (Fsp3) is 0.900. The largest absolute Gasteiger partial charge is 0.480 e. The second-order valence-corrected chi connectivity index (χ2v) is 5.19. The monoisotopic (exact) mass is 217 g/mol. The maximum absolute atomic E-state index is 10.8. The standard InChI is InChI=1S/C10H19NO2S/c1-3-8(9(12)13)11-7-10(14-2)5-4-6-10/h8,11H,3-7H2,1-2H3,(H,12,13). The highest BCUT2D eigenvalue weighted by Crippen LogP contribution is 2.42. The first kappa shape index (κ1) is 11.9. The molecule has 1 atom stereocenters. The first-order valence-electron chi connectivity index (χ1n) is 5.15. The summed E-state index contributed by atoms with van der Waals surface area (Å²) in [6.07, 6.45) is 6.49. The van der Waals surface area contributed by atoms with Crippen molar-refractivity contribution in [3.8, 4) is 0 Å². The molecule has 0 aromatic rings. The molecule has 14 heavy (non-hydrogen) atoms. The molecule has 4 heteroatoms. The van der Waals surface area contributed by atoms with Crippen LogP contribution in [0.2, 0.25) is 0 Å². The molecule has 1 unspecified atom stereocenters. The Labute approximate surface area is 89.6 Å². The molecule has 0 heterocycles. The van der Waals surface area contributed by atoms with E-state index in [1.165, 1.54) is 19.3 Å². The Hall–Kier alpha value is -0.220. The van der Waals surface area contributed by atoms with Gasteiger partial charge in [-0.25, -0.2) is 0 Å². The van der Waals surface area contributed by atoms with Crippen LogP contribution in [0.15, 0.2) is 0 Å². The second-order valence-electron chi connectivity index (χ2n) is 3.92. The zero-order valence-electron chi connectivity index (χ0n) is 8.88. The van der Waals surface area contributed by atoms with Crippen molar-refractivity contribution in [3.63, 3.8) is 0 Å². The number of rotatable bonds is 6. The first-order chi connectivity index (χ1) is 6.63. The molecule has 1 saturated carbocycles. The molecule has 1 aliphatic carbocycles. The molecule has 82 valence electrons. The molecule has 0 aromatic carbocycles. The van der Waals surface area contributed by atoms with Gasteiger partial charge in [-0.3, -0.25) is 4.79 Å². The third-order valence-corrected chi connectivity index (χ3v) is 4.49. The third-order valence-electron chi connectivity index (χ3n) is 3.07. The lowest BCUT2D eigenvalue weighted by atomic mass is 9.84. The summed E-state index contributed by atoms with van der Waals surface area (Å²) >= 11 is 1.87. The summed E-state index contributed by atoms with van der Waals surface area (Å²) in [7, 11) is 0. The van der Waals surface area contributed by atoms with Gasteiger partial charge in [0, 0.05) is 11.3 Å². The average molecular weight is 217 g/mol. The maximum Gasteiger partial charge on any atom is 0.320 e. The lowest BCUT2D eigenvalue weighted by Gasteiger charge is -2.41. The summed E-state index contributed by atoms with van der Waals surface area (Å²) < 4.78 is 0.322. The van der Waals surface area contributed by atoms with Crippen LogP contribution in [0.5, 0.6) is 0 Å². The summed E-state index contributed by atoms with van der Waals surface area (Å²) in [5.41, 5.74) is 0. The van der Waals surface area contributed by atoms with Crippen molar-refractivity contribution in [1.82, 2.24) is 5.32 Å². The van der Waals surface area contributed by atoms with Gasteiger partial charge in [-0.2, -0.15) is 11.8 Å². The zero-order chi connectivity index (χ0) is 10.6. The number of thioether (sulfide) groups is 1. The van der Waals surface area contributed by atoms with Crippen molar-refractivity contribution in [2.75, 3.05) is 12.8 Å². The predicted octanol–water partition coefficient (Wildman–Crippen LogP) is 1.72. The predicted molar refractivity (Wildman–Crippen MR) is 59.8 cm³/mol. The number of carboxylic acid groups (broad SMARTS) is 1. The highest BCUT2D eigenvalue weighted by Gasteiger charge is 2.36. The molecule has 1 fully saturated rings. The van der Waals surface area contributed by atoms with Crippen molar-refractivity contribution in [1.29, 1.82) is 0 Å². The molecule has 1 rings (SSSR count). The molecular formula is C10H19NO2S. The van der Waals surface area contributed by atoms with Crippen LogP contribution in [0.3, 0.4) is 0 Å². The number of hydrogen-bond acceptors (Lipinski definition) is 3. The topological polar surface area (TPSA) is 49.3 Å². The maximum atomic E-state index is 10.8. The Morgan fingerprint density at radius 1 is 1.64 bits per heavy atom. The zero-order valence-corrected chi connectivity index (χ0v) is 9.69. The molecule has 0 amide bonds. The van der Waals surface area contributed by atoms with Crippen LogP contribution in [0.25, 0.3) is 0 Å². The van der Waals surface area contributed by atoms with Crippen LogP contribution in [-0.4, -0.2) is 34.7 Å². The SMILES string of the molecule is CCC(NCC1(SC)CCC1)C(=O)O. The van der Waals surface area contributed by atoms with Crippen molar-refractivity contribution in [2.45, 2.75) is 43.4 Å². The van der Waals surface area contributed by atoms with Gasteiger partial charge in [0.05, 0.1) is 0 Å². The minimum Gasteiger partial charge on any atom is -0.480 e. The van der Waals surface area contributed by atoms with E-state index in [1.807, 2.05) is 18.7 Å². The molecule has 3 nitrogen and oxygen atoms in total. The summed E-state index contributed by atoms with van der Waals surface area (Å²) in [5.74, 6) is -0.733. The quantitative estimate of drug-likeness (QED) is 0.711. The molecule has 2 N–H and O–H groups in total. The van der Waals surface area contributed by atoms with E-state index in [2.05, 4.69) is 11.6 Å². The molecule has 0 bridgehead atoms. The van der Waals surface area contributed by atoms with Crippen molar-refractivity contribution < 1.29 is 9.90 Å². The van der Waals surface area contributed by atoms with E-state index in [4.69, 9.17) is 5.11 Å². The van der Waals surface area contributed by atoms with Crippen LogP contribution >= 0.6 is 11.8 Å². The van der Waals surface area contributed by atoms with Crippen LogP contribution < -0.4 is 5.32 Å². The first-order valence-corrected chi connectivity index (χ1v) is 6.37. The van der Waals surface area contributed by atoms with Crippen LogP contribution in [0, 0.1) is 0 Å². The molecular weight excluding hydrogens is 198 g/mol. The summed E-state index contributed by atoms with van der Waals surface area (Å²) in [6, 6.07) is -0.375. The van der Waals surface area contributed by atoms with Gasteiger partial charge in [0.25, 0.3) is 0 Å². The molecule has 0 spiro atoms. The van der Waals surface area contributed by atoms with Crippen molar-refractivity contribution in [3.05, 3.63) is 0 Å². The van der Waals surface area contributed by atoms with Gasteiger partial charge >= 0.3 is 5.97 Å². The average Bonchev–Trinajstić information content (AvgIpc) is 2.09. The highest BCUT2D eigenvalue weighted by atomic mass is 32.2. The number of carbonyl (C=O) groups is 1. The van der Waals surface area contributed by atoms with E-state index in [0.29, 0.717) is 11.2 Å². The van der Waals surface area contributed by atoms with Crippen molar-refractivity contribution in [2.24, 2.45) is 0 Å². The number of nitrogens with one attached hydrogen (secondary N) is 1.